The molecular weight excluding hydrogens is 229 g/mol. The second kappa shape index (κ2) is 6.59. The van der Waals surface area contributed by atoms with Crippen molar-refractivity contribution in [2.45, 2.75) is 38.8 Å². The fraction of sp³-hybridized carbons (Fsp3) is 1.00. The summed E-state index contributed by atoms with van der Waals surface area (Å²) in [6, 6.07) is 0. The number of halogens is 3. The van der Waals surface area contributed by atoms with Gasteiger partial charge in [0.1, 0.15) is 0 Å². The average Bonchev–Trinajstić information content (AvgIpc) is 2.28. The van der Waals surface area contributed by atoms with Crippen molar-refractivity contribution in [1.29, 1.82) is 0 Å². The Bertz CT molecular complexity index is 210. The molecule has 0 aromatic rings. The van der Waals surface area contributed by atoms with Crippen LogP contribution in [0.15, 0.2) is 0 Å². The fourth-order valence-corrected chi connectivity index (χ4v) is 2.27. The van der Waals surface area contributed by atoms with Crippen LogP contribution < -0.4 is 5.73 Å². The predicted octanol–water partition coefficient (Wildman–Crippen LogP) is 2.64. The standard InChI is InChI=1S/C12H23F3N2/c1-10(9-16)3-2-6-17-7-4-11(5-8-17)12(13,14)15/h10-11H,2-9,16H2,1H3. The van der Waals surface area contributed by atoms with Crippen molar-refractivity contribution in [2.24, 2.45) is 17.6 Å². The molecule has 5 heteroatoms. The minimum Gasteiger partial charge on any atom is -0.330 e. The van der Waals surface area contributed by atoms with E-state index in [0.29, 0.717) is 25.6 Å². The van der Waals surface area contributed by atoms with Crippen LogP contribution in [-0.2, 0) is 0 Å². The molecule has 0 aromatic heterocycles. The molecule has 0 amide bonds. The van der Waals surface area contributed by atoms with Crippen LogP contribution in [0, 0.1) is 11.8 Å². The van der Waals surface area contributed by atoms with Crippen LogP contribution in [0.4, 0.5) is 13.2 Å². The van der Waals surface area contributed by atoms with Gasteiger partial charge >= 0.3 is 6.18 Å². The molecule has 17 heavy (non-hydrogen) atoms. The number of nitrogens with two attached hydrogens (primary N) is 1. The largest absolute Gasteiger partial charge is 0.391 e. The molecule has 1 heterocycles. The van der Waals surface area contributed by atoms with E-state index in [2.05, 4.69) is 11.8 Å². The Morgan fingerprint density at radius 1 is 1.29 bits per heavy atom. The molecule has 0 spiro atoms. The van der Waals surface area contributed by atoms with Crippen LogP contribution in [0.3, 0.4) is 0 Å². The molecule has 0 aliphatic carbocycles. The Morgan fingerprint density at radius 3 is 2.35 bits per heavy atom. The predicted molar refractivity (Wildman–Crippen MR) is 62.7 cm³/mol. The minimum absolute atomic E-state index is 0.260. The fourth-order valence-electron chi connectivity index (χ4n) is 2.27. The third kappa shape index (κ3) is 5.25. The molecule has 1 unspecified atom stereocenters. The lowest BCUT2D eigenvalue weighted by Crippen LogP contribution is -2.39. The summed E-state index contributed by atoms with van der Waals surface area (Å²) in [4.78, 5) is 2.14. The Kier molecular flexibility index (Phi) is 5.73. The summed E-state index contributed by atoms with van der Waals surface area (Å²) in [5.74, 6) is -0.565. The number of hydrogen-bond donors (Lipinski definition) is 1. The van der Waals surface area contributed by atoms with Gasteiger partial charge in [0.15, 0.2) is 0 Å². The number of piperidine rings is 1. The second-order valence-corrected chi connectivity index (χ2v) is 5.14. The van der Waals surface area contributed by atoms with Crippen molar-refractivity contribution in [3.05, 3.63) is 0 Å². The summed E-state index contributed by atoms with van der Waals surface area (Å²) in [7, 11) is 0. The lowest BCUT2D eigenvalue weighted by Gasteiger charge is -2.33. The quantitative estimate of drug-likeness (QED) is 0.815. The smallest absolute Gasteiger partial charge is 0.330 e. The number of hydrogen-bond acceptors (Lipinski definition) is 2. The first-order valence-electron chi connectivity index (χ1n) is 6.42. The lowest BCUT2D eigenvalue weighted by molar-refractivity contribution is -0.185. The third-order valence-corrected chi connectivity index (χ3v) is 3.62. The van der Waals surface area contributed by atoms with Gasteiger partial charge in [0.05, 0.1) is 5.92 Å². The van der Waals surface area contributed by atoms with Gasteiger partial charge in [-0.2, -0.15) is 13.2 Å². The summed E-state index contributed by atoms with van der Waals surface area (Å²) < 4.78 is 37.3. The number of alkyl halides is 3. The zero-order valence-corrected chi connectivity index (χ0v) is 10.5. The van der Waals surface area contributed by atoms with E-state index in [4.69, 9.17) is 5.73 Å². The van der Waals surface area contributed by atoms with Gasteiger partial charge < -0.3 is 10.6 Å². The first-order chi connectivity index (χ1) is 7.93. The maximum atomic E-state index is 12.4. The van der Waals surface area contributed by atoms with Gasteiger partial charge in [-0.3, -0.25) is 0 Å². The molecule has 1 rings (SSSR count). The van der Waals surface area contributed by atoms with Gasteiger partial charge in [0.25, 0.3) is 0 Å². The topological polar surface area (TPSA) is 29.3 Å². The molecule has 1 aliphatic rings. The molecule has 0 bridgehead atoms. The van der Waals surface area contributed by atoms with Crippen molar-refractivity contribution in [1.82, 2.24) is 4.90 Å². The number of rotatable bonds is 5. The third-order valence-electron chi connectivity index (χ3n) is 3.62. The molecular formula is C12H23F3N2. The summed E-state index contributed by atoms with van der Waals surface area (Å²) in [5.41, 5.74) is 5.52. The zero-order valence-electron chi connectivity index (χ0n) is 10.5. The summed E-state index contributed by atoms with van der Waals surface area (Å²) in [5, 5.41) is 0. The Hall–Kier alpha value is -0.290. The van der Waals surface area contributed by atoms with Gasteiger partial charge in [-0.05, 0) is 57.8 Å². The van der Waals surface area contributed by atoms with E-state index in [1.807, 2.05) is 0 Å². The maximum Gasteiger partial charge on any atom is 0.391 e. The van der Waals surface area contributed by atoms with Crippen LogP contribution in [0.1, 0.15) is 32.6 Å². The van der Waals surface area contributed by atoms with E-state index in [0.717, 1.165) is 19.4 Å². The molecule has 1 saturated heterocycles. The normalized spacial score (nSPS) is 21.7. The molecule has 2 N–H and O–H groups in total. The van der Waals surface area contributed by atoms with E-state index in [-0.39, 0.29) is 12.8 Å². The van der Waals surface area contributed by atoms with Crippen molar-refractivity contribution in [3.63, 3.8) is 0 Å². The Balaban J connectivity index is 2.15. The van der Waals surface area contributed by atoms with Gasteiger partial charge in [-0.15, -0.1) is 0 Å². The summed E-state index contributed by atoms with van der Waals surface area (Å²) in [6.45, 7) is 4.88. The van der Waals surface area contributed by atoms with Crippen LogP contribution >= 0.6 is 0 Å². The molecule has 2 nitrogen and oxygen atoms in total. The highest BCUT2D eigenvalue weighted by atomic mass is 19.4. The monoisotopic (exact) mass is 252 g/mol. The second-order valence-electron chi connectivity index (χ2n) is 5.14. The van der Waals surface area contributed by atoms with E-state index in [1.54, 1.807) is 0 Å². The molecule has 1 aliphatic heterocycles. The SMILES string of the molecule is CC(CN)CCCN1CCC(C(F)(F)F)CC1. The van der Waals surface area contributed by atoms with Crippen LogP contribution in [0.25, 0.3) is 0 Å². The van der Waals surface area contributed by atoms with Crippen molar-refractivity contribution < 1.29 is 13.2 Å². The lowest BCUT2D eigenvalue weighted by atomic mass is 9.96. The van der Waals surface area contributed by atoms with E-state index in [9.17, 15) is 13.2 Å². The minimum atomic E-state index is -4.00. The molecule has 0 saturated carbocycles. The highest BCUT2D eigenvalue weighted by Gasteiger charge is 2.40. The Labute approximate surface area is 101 Å². The van der Waals surface area contributed by atoms with E-state index in [1.165, 1.54) is 0 Å². The summed E-state index contributed by atoms with van der Waals surface area (Å²) in [6.07, 6.45) is -1.38. The summed E-state index contributed by atoms with van der Waals surface area (Å²) >= 11 is 0. The maximum absolute atomic E-state index is 12.4. The first-order valence-corrected chi connectivity index (χ1v) is 6.42. The molecule has 1 fully saturated rings. The molecule has 102 valence electrons. The van der Waals surface area contributed by atoms with Crippen LogP contribution in [-0.4, -0.2) is 37.3 Å². The first kappa shape index (κ1) is 14.8. The highest BCUT2D eigenvalue weighted by molar-refractivity contribution is 4.77. The van der Waals surface area contributed by atoms with Crippen LogP contribution in [0.5, 0.6) is 0 Å². The van der Waals surface area contributed by atoms with E-state index >= 15 is 0 Å². The molecule has 0 aromatic carbocycles. The number of likely N-dealkylation sites (tertiary alicyclic amines) is 1. The van der Waals surface area contributed by atoms with Gasteiger partial charge in [-0.25, -0.2) is 0 Å². The molecule has 0 radical (unpaired) electrons. The van der Waals surface area contributed by atoms with Crippen LogP contribution in [0.2, 0.25) is 0 Å². The van der Waals surface area contributed by atoms with Crippen molar-refractivity contribution in [2.75, 3.05) is 26.2 Å². The molecule has 1 atom stereocenters. The zero-order chi connectivity index (χ0) is 12.9. The Morgan fingerprint density at radius 2 is 1.88 bits per heavy atom. The highest BCUT2D eigenvalue weighted by Crippen LogP contribution is 2.34. The van der Waals surface area contributed by atoms with E-state index < -0.39 is 12.1 Å². The average molecular weight is 252 g/mol. The number of nitrogens with zero attached hydrogens (tertiary/aromatic N) is 1. The van der Waals surface area contributed by atoms with Gasteiger partial charge in [-0.1, -0.05) is 6.92 Å². The van der Waals surface area contributed by atoms with Crippen molar-refractivity contribution in [3.8, 4) is 0 Å². The van der Waals surface area contributed by atoms with Crippen molar-refractivity contribution >= 4 is 0 Å². The van der Waals surface area contributed by atoms with Gasteiger partial charge in [0.2, 0.25) is 0 Å². The van der Waals surface area contributed by atoms with Gasteiger partial charge in [0, 0.05) is 0 Å².